The number of aromatic carboxylic acids is 1. The molecule has 0 aliphatic carbocycles. The second-order valence-corrected chi connectivity index (χ2v) is 3.38. The van der Waals surface area contributed by atoms with Crippen LogP contribution in [0.1, 0.15) is 28.4 Å². The Bertz CT molecular complexity index is 372. The molecule has 0 radical (unpaired) electrons. The van der Waals surface area contributed by atoms with Gasteiger partial charge in [0.05, 0.1) is 0 Å². The Kier molecular flexibility index (Phi) is 2.13. The normalized spacial score (nSPS) is 20.1. The second-order valence-electron chi connectivity index (χ2n) is 3.38. The molecule has 4 heteroatoms. The number of carboxylic acids is 1. The Morgan fingerprint density at radius 1 is 1.50 bits per heavy atom. The quantitative estimate of drug-likeness (QED) is 0.658. The molecular formula is C10H11NO3. The maximum absolute atomic E-state index is 10.6. The summed E-state index contributed by atoms with van der Waals surface area (Å²) in [7, 11) is 0. The maximum atomic E-state index is 10.6. The summed E-state index contributed by atoms with van der Waals surface area (Å²) >= 11 is 0. The van der Waals surface area contributed by atoms with Gasteiger partial charge in [0.25, 0.3) is 0 Å². The minimum atomic E-state index is -1.10. The minimum absolute atomic E-state index is 0.0481. The van der Waals surface area contributed by atoms with E-state index in [1.165, 1.54) is 12.1 Å². The van der Waals surface area contributed by atoms with Crippen molar-refractivity contribution in [3.63, 3.8) is 0 Å². The summed E-state index contributed by atoms with van der Waals surface area (Å²) < 4.78 is 0. The molecule has 3 N–H and O–H groups in total. The lowest BCUT2D eigenvalue weighted by Crippen LogP contribution is -2.34. The lowest BCUT2D eigenvalue weighted by atomic mass is 9.96. The van der Waals surface area contributed by atoms with Crippen molar-refractivity contribution in [1.29, 1.82) is 0 Å². The van der Waals surface area contributed by atoms with Gasteiger partial charge < -0.3 is 15.5 Å². The van der Waals surface area contributed by atoms with Crippen molar-refractivity contribution in [1.82, 2.24) is 5.32 Å². The predicted octanol–water partition coefficient (Wildman–Crippen LogP) is 1.12. The molecule has 0 amide bonds. The lowest BCUT2D eigenvalue weighted by molar-refractivity contribution is 0.0693. The molecule has 74 valence electrons. The summed E-state index contributed by atoms with van der Waals surface area (Å²) in [5.74, 6) is -1.26. The molecule has 1 aliphatic heterocycles. The van der Waals surface area contributed by atoms with E-state index in [0.29, 0.717) is 0 Å². The molecule has 0 aromatic heterocycles. The van der Waals surface area contributed by atoms with E-state index in [-0.39, 0.29) is 17.4 Å². The Morgan fingerprint density at radius 3 is 2.64 bits per heavy atom. The number of hydrogen-bond donors (Lipinski definition) is 3. The van der Waals surface area contributed by atoms with Crippen LogP contribution in [-0.2, 0) is 0 Å². The van der Waals surface area contributed by atoms with Crippen LogP contribution in [0, 0.1) is 0 Å². The van der Waals surface area contributed by atoms with E-state index in [4.69, 9.17) is 5.11 Å². The zero-order chi connectivity index (χ0) is 10.1. The fourth-order valence-electron chi connectivity index (χ4n) is 1.52. The van der Waals surface area contributed by atoms with E-state index in [2.05, 4.69) is 5.32 Å². The monoisotopic (exact) mass is 193 g/mol. The third-order valence-corrected chi connectivity index (χ3v) is 2.48. The number of benzene rings is 1. The van der Waals surface area contributed by atoms with Gasteiger partial charge in [-0.3, -0.25) is 0 Å². The van der Waals surface area contributed by atoms with Crippen molar-refractivity contribution in [2.75, 3.05) is 6.54 Å². The molecule has 1 atom stereocenters. The summed E-state index contributed by atoms with van der Waals surface area (Å²) in [5.41, 5.74) is 0.895. The first-order chi connectivity index (χ1) is 6.68. The van der Waals surface area contributed by atoms with Crippen LogP contribution >= 0.6 is 0 Å². The molecule has 14 heavy (non-hydrogen) atoms. The van der Waals surface area contributed by atoms with Crippen molar-refractivity contribution in [2.24, 2.45) is 0 Å². The van der Waals surface area contributed by atoms with Gasteiger partial charge in [-0.1, -0.05) is 6.07 Å². The van der Waals surface area contributed by atoms with Gasteiger partial charge in [0.1, 0.15) is 11.3 Å². The summed E-state index contributed by atoms with van der Waals surface area (Å²) in [6, 6.07) is 4.96. The van der Waals surface area contributed by atoms with Crippen LogP contribution in [0.3, 0.4) is 0 Å². The fourth-order valence-corrected chi connectivity index (χ4v) is 1.52. The summed E-state index contributed by atoms with van der Waals surface area (Å²) in [4.78, 5) is 10.6. The van der Waals surface area contributed by atoms with Crippen LogP contribution in [0.25, 0.3) is 0 Å². The van der Waals surface area contributed by atoms with Gasteiger partial charge in [0, 0.05) is 6.04 Å². The largest absolute Gasteiger partial charge is 0.507 e. The van der Waals surface area contributed by atoms with E-state index in [0.717, 1.165) is 18.5 Å². The Balaban J connectivity index is 2.30. The second kappa shape index (κ2) is 3.31. The first kappa shape index (κ1) is 9.02. The first-order valence-corrected chi connectivity index (χ1v) is 4.48. The van der Waals surface area contributed by atoms with E-state index in [9.17, 15) is 9.90 Å². The molecule has 0 unspecified atom stereocenters. The van der Waals surface area contributed by atoms with Crippen LogP contribution in [0.5, 0.6) is 5.75 Å². The Hall–Kier alpha value is -1.55. The van der Waals surface area contributed by atoms with E-state index >= 15 is 0 Å². The number of hydrogen-bond acceptors (Lipinski definition) is 3. The third-order valence-electron chi connectivity index (χ3n) is 2.48. The molecule has 1 saturated heterocycles. The smallest absolute Gasteiger partial charge is 0.339 e. The average Bonchev–Trinajstić information content (AvgIpc) is 2.00. The van der Waals surface area contributed by atoms with Crippen molar-refractivity contribution in [3.8, 4) is 5.75 Å². The van der Waals surface area contributed by atoms with Crippen molar-refractivity contribution in [3.05, 3.63) is 29.3 Å². The summed E-state index contributed by atoms with van der Waals surface area (Å²) in [6.45, 7) is 0.978. The maximum Gasteiger partial charge on any atom is 0.339 e. The zero-order valence-corrected chi connectivity index (χ0v) is 7.53. The molecule has 4 nitrogen and oxygen atoms in total. The molecule has 0 saturated carbocycles. The van der Waals surface area contributed by atoms with Gasteiger partial charge >= 0.3 is 5.97 Å². The van der Waals surface area contributed by atoms with Crippen LogP contribution in [0.4, 0.5) is 0 Å². The lowest BCUT2D eigenvalue weighted by Gasteiger charge is -2.28. The van der Waals surface area contributed by atoms with Crippen LogP contribution in [0.2, 0.25) is 0 Å². The standard InChI is InChI=1S/C10H11NO3/c12-9-5-6(8-3-4-11-8)1-2-7(9)10(13)14/h1-2,5,8,11-12H,3-4H2,(H,13,14)/t8-/m1/s1. The minimum Gasteiger partial charge on any atom is -0.507 e. The van der Waals surface area contributed by atoms with Gasteiger partial charge in [-0.05, 0) is 30.7 Å². The number of aromatic hydroxyl groups is 1. The van der Waals surface area contributed by atoms with E-state index < -0.39 is 5.97 Å². The molecule has 1 heterocycles. The topological polar surface area (TPSA) is 69.6 Å². The third kappa shape index (κ3) is 1.44. The summed E-state index contributed by atoms with van der Waals surface area (Å²) in [5, 5.41) is 21.3. The Morgan fingerprint density at radius 2 is 2.21 bits per heavy atom. The molecule has 1 aromatic carbocycles. The molecule has 0 spiro atoms. The fraction of sp³-hybridized carbons (Fsp3) is 0.300. The number of rotatable bonds is 2. The molecule has 0 bridgehead atoms. The average molecular weight is 193 g/mol. The number of phenols is 1. The molecular weight excluding hydrogens is 182 g/mol. The highest BCUT2D eigenvalue weighted by molar-refractivity contribution is 5.90. The van der Waals surface area contributed by atoms with Gasteiger partial charge in [-0.25, -0.2) is 4.79 Å². The van der Waals surface area contributed by atoms with Gasteiger partial charge in [-0.15, -0.1) is 0 Å². The zero-order valence-electron chi connectivity index (χ0n) is 7.53. The molecule has 1 aromatic rings. The van der Waals surface area contributed by atoms with Gasteiger partial charge in [-0.2, -0.15) is 0 Å². The number of carbonyl (C=O) groups is 1. The van der Waals surface area contributed by atoms with Crippen molar-refractivity contribution >= 4 is 5.97 Å². The number of carboxylic acid groups (broad SMARTS) is 1. The van der Waals surface area contributed by atoms with Gasteiger partial charge in [0.2, 0.25) is 0 Å². The van der Waals surface area contributed by atoms with Crippen LogP contribution in [-0.4, -0.2) is 22.7 Å². The first-order valence-electron chi connectivity index (χ1n) is 4.48. The highest BCUT2D eigenvalue weighted by atomic mass is 16.4. The highest BCUT2D eigenvalue weighted by Crippen LogP contribution is 2.27. The molecule has 1 aliphatic rings. The number of nitrogens with one attached hydrogen (secondary N) is 1. The van der Waals surface area contributed by atoms with Gasteiger partial charge in [0.15, 0.2) is 0 Å². The van der Waals surface area contributed by atoms with Crippen molar-refractivity contribution < 1.29 is 15.0 Å². The van der Waals surface area contributed by atoms with Crippen LogP contribution < -0.4 is 5.32 Å². The highest BCUT2D eigenvalue weighted by Gasteiger charge is 2.20. The van der Waals surface area contributed by atoms with Crippen molar-refractivity contribution in [2.45, 2.75) is 12.5 Å². The predicted molar refractivity (Wildman–Crippen MR) is 50.4 cm³/mol. The molecule has 2 rings (SSSR count). The van der Waals surface area contributed by atoms with E-state index in [1.54, 1.807) is 6.07 Å². The van der Waals surface area contributed by atoms with E-state index in [1.807, 2.05) is 0 Å². The SMILES string of the molecule is O=C(O)c1ccc([C@H]2CCN2)cc1O. The molecule has 1 fully saturated rings. The Labute approximate surface area is 81.2 Å². The van der Waals surface area contributed by atoms with Crippen LogP contribution in [0.15, 0.2) is 18.2 Å². The summed E-state index contributed by atoms with van der Waals surface area (Å²) in [6.07, 6.45) is 1.03.